The summed E-state index contributed by atoms with van der Waals surface area (Å²) in [7, 11) is 3.41. The van der Waals surface area contributed by atoms with E-state index in [1.165, 1.54) is 11.8 Å². The molecule has 0 saturated heterocycles. The molecule has 0 radical (unpaired) electrons. The van der Waals surface area contributed by atoms with Gasteiger partial charge in [-0.2, -0.15) is 15.0 Å². The van der Waals surface area contributed by atoms with Crippen molar-refractivity contribution < 1.29 is 9.47 Å². The second-order valence-corrected chi connectivity index (χ2v) is 5.14. The number of nitrogens with one attached hydrogen (secondary N) is 1. The summed E-state index contributed by atoms with van der Waals surface area (Å²) in [6.45, 7) is 2.62. The summed E-state index contributed by atoms with van der Waals surface area (Å²) in [6.07, 6.45) is 0.904. The van der Waals surface area contributed by atoms with Crippen LogP contribution in [0.25, 0.3) is 0 Å². The van der Waals surface area contributed by atoms with Gasteiger partial charge in [0.05, 0.1) is 13.7 Å². The van der Waals surface area contributed by atoms with Gasteiger partial charge in [-0.25, -0.2) is 0 Å². The van der Waals surface area contributed by atoms with Crippen molar-refractivity contribution in [3.8, 4) is 11.8 Å². The van der Waals surface area contributed by atoms with E-state index >= 15 is 0 Å². The molecule has 2 rings (SSSR count). The van der Waals surface area contributed by atoms with Gasteiger partial charge in [0, 0.05) is 11.9 Å². The number of rotatable bonds is 7. The van der Waals surface area contributed by atoms with Gasteiger partial charge < -0.3 is 14.8 Å². The average Bonchev–Trinajstić information content (AvgIpc) is 2.53. The lowest BCUT2D eigenvalue weighted by Gasteiger charge is -2.07. The van der Waals surface area contributed by atoms with Crippen molar-refractivity contribution in [3.63, 3.8) is 0 Å². The van der Waals surface area contributed by atoms with Gasteiger partial charge >= 0.3 is 6.01 Å². The van der Waals surface area contributed by atoms with Crippen LogP contribution in [-0.2, 0) is 0 Å². The molecular weight excluding hydrogens is 288 g/mol. The molecule has 0 unspecified atom stereocenters. The zero-order valence-corrected chi connectivity index (χ0v) is 13.1. The molecule has 0 aliphatic heterocycles. The minimum absolute atomic E-state index is 0.340. The second kappa shape index (κ2) is 7.68. The minimum Gasteiger partial charge on any atom is -0.497 e. The molecule has 0 fully saturated rings. The van der Waals surface area contributed by atoms with Crippen molar-refractivity contribution in [2.75, 3.05) is 26.1 Å². The summed E-state index contributed by atoms with van der Waals surface area (Å²) in [4.78, 5) is 13.8. The second-order valence-electron chi connectivity index (χ2n) is 4.10. The van der Waals surface area contributed by atoms with E-state index in [4.69, 9.17) is 9.47 Å². The van der Waals surface area contributed by atoms with Crippen LogP contribution >= 0.6 is 11.8 Å². The SMILES string of the molecule is CCCOc1nc(NC)nc(Sc2ccc(OC)cc2)n1. The van der Waals surface area contributed by atoms with Crippen molar-refractivity contribution >= 4 is 17.7 Å². The van der Waals surface area contributed by atoms with Crippen LogP contribution in [0.3, 0.4) is 0 Å². The molecule has 2 aromatic rings. The fraction of sp³-hybridized carbons (Fsp3) is 0.357. The molecule has 1 heterocycles. The quantitative estimate of drug-likeness (QED) is 0.843. The van der Waals surface area contributed by atoms with E-state index in [9.17, 15) is 0 Å². The van der Waals surface area contributed by atoms with Crippen molar-refractivity contribution in [3.05, 3.63) is 24.3 Å². The van der Waals surface area contributed by atoms with Crippen molar-refractivity contribution in [1.82, 2.24) is 15.0 Å². The van der Waals surface area contributed by atoms with Crippen molar-refractivity contribution in [1.29, 1.82) is 0 Å². The van der Waals surface area contributed by atoms with E-state index in [1.807, 2.05) is 31.2 Å². The third-order valence-corrected chi connectivity index (χ3v) is 3.39. The van der Waals surface area contributed by atoms with Crippen LogP contribution < -0.4 is 14.8 Å². The Morgan fingerprint density at radius 3 is 2.52 bits per heavy atom. The first kappa shape index (κ1) is 15.4. The standard InChI is InChI=1S/C14H18N4O2S/c1-4-9-20-13-16-12(15-2)17-14(18-13)21-11-7-5-10(19-3)6-8-11/h5-8H,4,9H2,1-3H3,(H,15,16,17,18). The van der Waals surface area contributed by atoms with Crippen molar-refractivity contribution in [2.45, 2.75) is 23.4 Å². The van der Waals surface area contributed by atoms with Gasteiger partial charge in [0.15, 0.2) is 0 Å². The van der Waals surface area contributed by atoms with E-state index in [-0.39, 0.29) is 0 Å². The van der Waals surface area contributed by atoms with E-state index < -0.39 is 0 Å². The fourth-order valence-corrected chi connectivity index (χ4v) is 2.24. The van der Waals surface area contributed by atoms with Gasteiger partial charge in [-0.3, -0.25) is 0 Å². The lowest BCUT2D eigenvalue weighted by Crippen LogP contribution is -2.05. The number of aromatic nitrogens is 3. The third kappa shape index (κ3) is 4.49. The Labute approximate surface area is 128 Å². The highest BCUT2D eigenvalue weighted by atomic mass is 32.2. The maximum atomic E-state index is 5.48. The summed E-state index contributed by atoms with van der Waals surface area (Å²) in [5, 5.41) is 3.50. The van der Waals surface area contributed by atoms with Crippen LogP contribution in [0.4, 0.5) is 5.95 Å². The minimum atomic E-state index is 0.340. The molecule has 1 N–H and O–H groups in total. The molecule has 1 aromatic carbocycles. The topological polar surface area (TPSA) is 69.2 Å². The first-order chi connectivity index (χ1) is 10.2. The maximum absolute atomic E-state index is 5.48. The Bertz CT molecular complexity index is 578. The Morgan fingerprint density at radius 2 is 1.90 bits per heavy atom. The highest BCUT2D eigenvalue weighted by Crippen LogP contribution is 2.27. The first-order valence-electron chi connectivity index (χ1n) is 6.63. The Hall–Kier alpha value is -2.02. The molecule has 0 aliphatic rings. The molecular formula is C14H18N4O2S. The van der Waals surface area contributed by atoms with Gasteiger partial charge in [-0.05, 0) is 42.4 Å². The Morgan fingerprint density at radius 1 is 1.14 bits per heavy atom. The number of benzene rings is 1. The van der Waals surface area contributed by atoms with Crippen LogP contribution in [0.15, 0.2) is 34.3 Å². The van der Waals surface area contributed by atoms with Crippen LogP contribution in [0.2, 0.25) is 0 Å². The largest absolute Gasteiger partial charge is 0.497 e. The lowest BCUT2D eigenvalue weighted by molar-refractivity contribution is 0.288. The maximum Gasteiger partial charge on any atom is 0.322 e. The van der Waals surface area contributed by atoms with Gasteiger partial charge in [-0.1, -0.05) is 6.92 Å². The molecule has 0 spiro atoms. The first-order valence-corrected chi connectivity index (χ1v) is 7.45. The smallest absolute Gasteiger partial charge is 0.322 e. The number of anilines is 1. The predicted octanol–water partition coefficient (Wildman–Crippen LogP) is 2.86. The van der Waals surface area contributed by atoms with Crippen LogP contribution in [0, 0.1) is 0 Å². The summed E-state index contributed by atoms with van der Waals surface area (Å²) >= 11 is 1.45. The lowest BCUT2D eigenvalue weighted by atomic mass is 10.3. The van der Waals surface area contributed by atoms with Gasteiger partial charge in [0.1, 0.15) is 5.75 Å². The Balaban J connectivity index is 2.16. The number of ether oxygens (including phenoxy) is 2. The molecule has 21 heavy (non-hydrogen) atoms. The summed E-state index contributed by atoms with van der Waals surface area (Å²) < 4.78 is 10.6. The van der Waals surface area contributed by atoms with Crippen molar-refractivity contribution in [2.24, 2.45) is 0 Å². The molecule has 0 saturated carbocycles. The molecule has 7 heteroatoms. The van der Waals surface area contributed by atoms with E-state index in [2.05, 4.69) is 20.3 Å². The van der Waals surface area contributed by atoms with Gasteiger partial charge in [0.2, 0.25) is 11.1 Å². The third-order valence-electron chi connectivity index (χ3n) is 2.52. The molecule has 1 aromatic heterocycles. The molecule has 0 atom stereocenters. The summed E-state index contributed by atoms with van der Waals surface area (Å²) in [5.41, 5.74) is 0. The van der Waals surface area contributed by atoms with E-state index in [1.54, 1.807) is 14.2 Å². The zero-order valence-electron chi connectivity index (χ0n) is 12.3. The highest BCUT2D eigenvalue weighted by Gasteiger charge is 2.08. The number of methoxy groups -OCH3 is 1. The zero-order chi connectivity index (χ0) is 15.1. The van der Waals surface area contributed by atoms with Crippen LogP contribution in [0.1, 0.15) is 13.3 Å². The van der Waals surface area contributed by atoms with E-state index in [0.29, 0.717) is 23.7 Å². The molecule has 0 amide bonds. The fourth-order valence-electron chi connectivity index (χ4n) is 1.50. The van der Waals surface area contributed by atoms with Gasteiger partial charge in [-0.15, -0.1) is 0 Å². The molecule has 112 valence electrons. The molecule has 0 aliphatic carbocycles. The number of hydrogen-bond donors (Lipinski definition) is 1. The summed E-state index contributed by atoms with van der Waals surface area (Å²) in [6, 6.07) is 8.05. The number of nitrogens with zero attached hydrogens (tertiary/aromatic N) is 3. The van der Waals surface area contributed by atoms with Crippen LogP contribution in [-0.4, -0.2) is 35.7 Å². The number of hydrogen-bond acceptors (Lipinski definition) is 7. The van der Waals surface area contributed by atoms with E-state index in [0.717, 1.165) is 17.1 Å². The molecule has 6 nitrogen and oxygen atoms in total. The Kier molecular flexibility index (Phi) is 5.62. The highest BCUT2D eigenvalue weighted by molar-refractivity contribution is 7.99. The average molecular weight is 306 g/mol. The summed E-state index contributed by atoms with van der Waals surface area (Å²) in [5.74, 6) is 1.31. The normalized spacial score (nSPS) is 10.2. The predicted molar refractivity (Wildman–Crippen MR) is 82.3 cm³/mol. The monoisotopic (exact) mass is 306 g/mol. The molecule has 0 bridgehead atoms. The van der Waals surface area contributed by atoms with Crippen LogP contribution in [0.5, 0.6) is 11.8 Å². The van der Waals surface area contributed by atoms with Gasteiger partial charge in [0.25, 0.3) is 0 Å².